The molecule has 138 valence electrons. The molecule has 6 nitrogen and oxygen atoms in total. The molecule has 25 heavy (non-hydrogen) atoms. The summed E-state index contributed by atoms with van der Waals surface area (Å²) in [7, 11) is 0. The van der Waals surface area contributed by atoms with Gasteiger partial charge in [-0.3, -0.25) is 4.79 Å². The van der Waals surface area contributed by atoms with Crippen LogP contribution in [0, 0.1) is 6.92 Å². The molecule has 0 spiro atoms. The maximum atomic E-state index is 11.7. The molecule has 1 atom stereocenters. The van der Waals surface area contributed by atoms with Gasteiger partial charge in [0.2, 0.25) is 0 Å². The van der Waals surface area contributed by atoms with Gasteiger partial charge in [-0.05, 0) is 48.9 Å². The van der Waals surface area contributed by atoms with E-state index in [1.54, 1.807) is 0 Å². The van der Waals surface area contributed by atoms with Gasteiger partial charge in [0.15, 0.2) is 13.2 Å². The van der Waals surface area contributed by atoms with Crippen LogP contribution in [0.3, 0.4) is 0 Å². The van der Waals surface area contributed by atoms with Crippen molar-refractivity contribution in [3.8, 4) is 5.75 Å². The van der Waals surface area contributed by atoms with Gasteiger partial charge in [0.05, 0.1) is 6.10 Å². The van der Waals surface area contributed by atoms with Crippen LogP contribution in [0.1, 0.15) is 43.7 Å². The number of amides is 1. The highest BCUT2D eigenvalue weighted by molar-refractivity contribution is 5.80. The summed E-state index contributed by atoms with van der Waals surface area (Å²) in [6.45, 7) is 6.94. The molecule has 1 saturated heterocycles. The number of aryl methyl sites for hydroxylation is 1. The van der Waals surface area contributed by atoms with Crippen LogP contribution < -0.4 is 10.1 Å². The van der Waals surface area contributed by atoms with E-state index in [1.807, 2.05) is 25.1 Å². The summed E-state index contributed by atoms with van der Waals surface area (Å²) >= 11 is 0. The minimum Gasteiger partial charge on any atom is -0.482 e. The molecular formula is C19H27NO5. The molecule has 6 heteroatoms. The van der Waals surface area contributed by atoms with Gasteiger partial charge in [-0.15, -0.1) is 0 Å². The van der Waals surface area contributed by atoms with Gasteiger partial charge in [0, 0.05) is 13.2 Å². The molecule has 1 amide bonds. The van der Waals surface area contributed by atoms with Crippen molar-refractivity contribution in [2.75, 3.05) is 26.4 Å². The Morgan fingerprint density at radius 1 is 1.32 bits per heavy atom. The number of hydrogen-bond donors (Lipinski definition) is 1. The number of esters is 1. The fraction of sp³-hybridized carbons (Fsp3) is 0.579. The molecule has 0 aliphatic carbocycles. The van der Waals surface area contributed by atoms with Gasteiger partial charge in [-0.2, -0.15) is 0 Å². The second-order valence-corrected chi connectivity index (χ2v) is 6.56. The van der Waals surface area contributed by atoms with Crippen molar-refractivity contribution in [2.45, 2.75) is 45.6 Å². The molecule has 1 aromatic rings. The van der Waals surface area contributed by atoms with E-state index in [1.165, 1.54) is 5.56 Å². The Hall–Kier alpha value is -2.08. The first kappa shape index (κ1) is 19.2. The molecule has 0 aromatic heterocycles. The Balaban J connectivity index is 1.66. The average molecular weight is 349 g/mol. The summed E-state index contributed by atoms with van der Waals surface area (Å²) in [6, 6.07) is 5.74. The Labute approximate surface area is 148 Å². The number of benzene rings is 1. The number of hydrogen-bond acceptors (Lipinski definition) is 5. The number of rotatable bonds is 8. The molecule has 0 saturated carbocycles. The molecule has 1 heterocycles. The lowest BCUT2D eigenvalue weighted by Gasteiger charge is -2.13. The zero-order valence-corrected chi connectivity index (χ0v) is 15.2. The maximum Gasteiger partial charge on any atom is 0.344 e. The normalized spacial score (nSPS) is 16.7. The first-order chi connectivity index (χ1) is 12.0. The van der Waals surface area contributed by atoms with Gasteiger partial charge in [-0.1, -0.05) is 19.9 Å². The third-order valence-corrected chi connectivity index (χ3v) is 4.14. The number of carbonyl (C=O) groups excluding carboxylic acids is 2. The smallest absolute Gasteiger partial charge is 0.344 e. The van der Waals surface area contributed by atoms with Gasteiger partial charge < -0.3 is 19.5 Å². The van der Waals surface area contributed by atoms with E-state index in [9.17, 15) is 9.59 Å². The van der Waals surface area contributed by atoms with E-state index in [0.29, 0.717) is 18.2 Å². The topological polar surface area (TPSA) is 73.9 Å². The number of ether oxygens (including phenoxy) is 3. The fourth-order valence-corrected chi connectivity index (χ4v) is 2.80. The van der Waals surface area contributed by atoms with E-state index < -0.39 is 5.97 Å². The van der Waals surface area contributed by atoms with Crippen LogP contribution in [0.5, 0.6) is 5.75 Å². The van der Waals surface area contributed by atoms with Crippen molar-refractivity contribution in [3.05, 3.63) is 29.3 Å². The van der Waals surface area contributed by atoms with Crippen molar-refractivity contribution in [1.29, 1.82) is 0 Å². The highest BCUT2D eigenvalue weighted by atomic mass is 16.6. The van der Waals surface area contributed by atoms with E-state index in [-0.39, 0.29) is 25.2 Å². The van der Waals surface area contributed by atoms with E-state index in [4.69, 9.17) is 14.2 Å². The second kappa shape index (κ2) is 9.42. The lowest BCUT2D eigenvalue weighted by Crippen LogP contribution is -2.35. The van der Waals surface area contributed by atoms with Crippen molar-refractivity contribution in [3.63, 3.8) is 0 Å². The average Bonchev–Trinajstić information content (AvgIpc) is 3.09. The monoisotopic (exact) mass is 349 g/mol. The predicted molar refractivity (Wildman–Crippen MR) is 93.7 cm³/mol. The predicted octanol–water partition coefficient (Wildman–Crippen LogP) is 2.34. The molecular weight excluding hydrogens is 322 g/mol. The zero-order chi connectivity index (χ0) is 18.2. The molecule has 1 aliphatic heterocycles. The third-order valence-electron chi connectivity index (χ3n) is 4.14. The van der Waals surface area contributed by atoms with E-state index in [0.717, 1.165) is 25.0 Å². The van der Waals surface area contributed by atoms with Crippen LogP contribution in [0.25, 0.3) is 0 Å². The maximum absolute atomic E-state index is 11.7. The quantitative estimate of drug-likeness (QED) is 0.729. The lowest BCUT2D eigenvalue weighted by molar-refractivity contribution is -0.150. The Bertz CT molecular complexity index is 593. The highest BCUT2D eigenvalue weighted by Gasteiger charge is 2.16. The third kappa shape index (κ3) is 6.38. The molecule has 0 bridgehead atoms. The summed E-state index contributed by atoms with van der Waals surface area (Å²) < 4.78 is 15.8. The van der Waals surface area contributed by atoms with Crippen molar-refractivity contribution in [2.24, 2.45) is 0 Å². The summed E-state index contributed by atoms with van der Waals surface area (Å²) in [5.74, 6) is 0.146. The Kier molecular flexibility index (Phi) is 7.25. The van der Waals surface area contributed by atoms with Crippen LogP contribution in [-0.4, -0.2) is 44.3 Å². The van der Waals surface area contributed by atoms with Crippen molar-refractivity contribution in [1.82, 2.24) is 5.32 Å². The SMILES string of the molecule is Cc1cc(OCC(=O)OCC(=O)NC[C@H]2CCCO2)ccc1C(C)C. The Morgan fingerprint density at radius 2 is 2.12 bits per heavy atom. The first-order valence-electron chi connectivity index (χ1n) is 8.73. The largest absolute Gasteiger partial charge is 0.482 e. The minimum atomic E-state index is -0.571. The van der Waals surface area contributed by atoms with Gasteiger partial charge >= 0.3 is 5.97 Å². The van der Waals surface area contributed by atoms with Crippen molar-refractivity contribution < 1.29 is 23.8 Å². The van der Waals surface area contributed by atoms with Crippen LogP contribution in [-0.2, 0) is 19.1 Å². The molecule has 1 N–H and O–H groups in total. The van der Waals surface area contributed by atoms with Crippen LogP contribution >= 0.6 is 0 Å². The molecule has 2 rings (SSSR count). The molecule has 1 aliphatic rings. The summed E-state index contributed by atoms with van der Waals surface area (Å²) in [4.78, 5) is 23.3. The van der Waals surface area contributed by atoms with Gasteiger partial charge in [0.1, 0.15) is 5.75 Å². The minimum absolute atomic E-state index is 0.0695. The summed E-state index contributed by atoms with van der Waals surface area (Å²) in [5, 5.41) is 2.70. The van der Waals surface area contributed by atoms with Crippen molar-refractivity contribution >= 4 is 11.9 Å². The standard InChI is InChI=1S/C19H27NO5/c1-13(2)17-7-6-15(9-14(17)3)24-12-19(22)25-11-18(21)20-10-16-5-4-8-23-16/h6-7,9,13,16H,4-5,8,10-12H2,1-3H3,(H,20,21)/t16-/m1/s1. The molecule has 0 unspecified atom stereocenters. The molecule has 1 aromatic carbocycles. The van der Waals surface area contributed by atoms with Gasteiger partial charge in [-0.25, -0.2) is 4.79 Å². The fourth-order valence-electron chi connectivity index (χ4n) is 2.80. The summed E-state index contributed by atoms with van der Waals surface area (Å²) in [6.07, 6.45) is 2.04. The second-order valence-electron chi connectivity index (χ2n) is 6.56. The lowest BCUT2D eigenvalue weighted by atomic mass is 9.98. The summed E-state index contributed by atoms with van der Waals surface area (Å²) in [5.41, 5.74) is 2.37. The number of nitrogens with one attached hydrogen (secondary N) is 1. The van der Waals surface area contributed by atoms with Crippen LogP contribution in [0.15, 0.2) is 18.2 Å². The van der Waals surface area contributed by atoms with Gasteiger partial charge in [0.25, 0.3) is 5.91 Å². The van der Waals surface area contributed by atoms with E-state index in [2.05, 4.69) is 19.2 Å². The molecule has 1 fully saturated rings. The first-order valence-corrected chi connectivity index (χ1v) is 8.73. The zero-order valence-electron chi connectivity index (χ0n) is 15.2. The van der Waals surface area contributed by atoms with E-state index >= 15 is 0 Å². The number of carbonyl (C=O) groups is 2. The molecule has 0 radical (unpaired) electrons. The van der Waals surface area contributed by atoms with Crippen LogP contribution in [0.4, 0.5) is 0 Å². The highest BCUT2D eigenvalue weighted by Crippen LogP contribution is 2.23. The van der Waals surface area contributed by atoms with Crippen LogP contribution in [0.2, 0.25) is 0 Å². The Morgan fingerprint density at radius 3 is 2.76 bits per heavy atom.